The number of aliphatic hydroxyl groups is 1. The van der Waals surface area contributed by atoms with Crippen molar-refractivity contribution < 1.29 is 14.7 Å². The molecule has 1 aliphatic carbocycles. The van der Waals surface area contributed by atoms with E-state index in [-0.39, 0.29) is 5.92 Å². The fourth-order valence-electron chi connectivity index (χ4n) is 1.30. The zero-order valence-corrected chi connectivity index (χ0v) is 5.62. The number of carbonyl (C=O) groups is 1. The number of nitrogens with two attached hydrogens (primary N) is 1. The van der Waals surface area contributed by atoms with Crippen molar-refractivity contribution in [1.29, 1.82) is 0 Å². The summed E-state index contributed by atoms with van der Waals surface area (Å²) in [6, 6.07) is 0. The minimum Gasteiger partial charge on any atom is -0.392 e. The topological polar surface area (TPSA) is 72.5 Å². The summed E-state index contributed by atoms with van der Waals surface area (Å²) in [6.07, 6.45) is 1.70. The van der Waals surface area contributed by atoms with Crippen LogP contribution in [0.5, 0.6) is 0 Å². The molecule has 4 nitrogen and oxygen atoms in total. The van der Waals surface area contributed by atoms with Gasteiger partial charge >= 0.3 is 5.97 Å². The summed E-state index contributed by atoms with van der Waals surface area (Å²) in [5.74, 6) is 3.77. The average molecular weight is 145 g/mol. The van der Waals surface area contributed by atoms with Crippen LogP contribution in [-0.4, -0.2) is 17.2 Å². The van der Waals surface area contributed by atoms with Crippen LogP contribution in [0, 0.1) is 5.92 Å². The minimum absolute atomic E-state index is 0.384. The van der Waals surface area contributed by atoms with E-state index in [9.17, 15) is 4.79 Å². The molecule has 0 aromatic rings. The first kappa shape index (κ1) is 7.50. The summed E-state index contributed by atoms with van der Waals surface area (Å²) < 4.78 is 0. The number of carbonyl (C=O) groups excluding carboxylic acids is 1. The molecule has 0 saturated heterocycles. The van der Waals surface area contributed by atoms with Gasteiger partial charge in [0, 0.05) is 0 Å². The second-order valence-corrected chi connectivity index (χ2v) is 2.54. The molecule has 0 radical (unpaired) electrons. The lowest BCUT2D eigenvalue weighted by atomic mass is 10.1. The van der Waals surface area contributed by atoms with Crippen molar-refractivity contribution in [1.82, 2.24) is 0 Å². The van der Waals surface area contributed by atoms with Crippen LogP contribution in [0.2, 0.25) is 0 Å². The first-order valence-corrected chi connectivity index (χ1v) is 3.34. The Morgan fingerprint density at radius 2 is 2.30 bits per heavy atom. The Bertz CT molecular complexity index is 137. The number of hydrogen-bond acceptors (Lipinski definition) is 4. The highest BCUT2D eigenvalue weighted by atomic mass is 16.7. The highest BCUT2D eigenvalue weighted by Crippen LogP contribution is 2.25. The van der Waals surface area contributed by atoms with Gasteiger partial charge in [-0.2, -0.15) is 5.90 Å². The third kappa shape index (κ3) is 1.27. The molecule has 2 unspecified atom stereocenters. The van der Waals surface area contributed by atoms with E-state index in [1.807, 2.05) is 0 Å². The molecular formula is C6H11NO3. The zero-order valence-electron chi connectivity index (χ0n) is 5.62. The molecule has 1 fully saturated rings. The van der Waals surface area contributed by atoms with Crippen molar-refractivity contribution >= 4 is 5.97 Å². The third-order valence-corrected chi connectivity index (χ3v) is 1.90. The molecule has 0 aliphatic heterocycles. The Morgan fingerprint density at radius 3 is 2.70 bits per heavy atom. The van der Waals surface area contributed by atoms with Gasteiger partial charge in [0.15, 0.2) is 0 Å². The fourth-order valence-corrected chi connectivity index (χ4v) is 1.30. The summed E-state index contributed by atoms with van der Waals surface area (Å²) in [5, 5.41) is 9.13. The van der Waals surface area contributed by atoms with Gasteiger partial charge in [0.25, 0.3) is 0 Å². The van der Waals surface area contributed by atoms with E-state index in [0.717, 1.165) is 6.42 Å². The van der Waals surface area contributed by atoms with E-state index in [1.165, 1.54) is 0 Å². The summed E-state index contributed by atoms with van der Waals surface area (Å²) in [4.78, 5) is 14.7. The van der Waals surface area contributed by atoms with Gasteiger partial charge in [0.2, 0.25) is 0 Å². The van der Waals surface area contributed by atoms with E-state index in [4.69, 9.17) is 5.11 Å². The summed E-state index contributed by atoms with van der Waals surface area (Å²) in [6.45, 7) is 0. The van der Waals surface area contributed by atoms with Crippen molar-refractivity contribution in [3.05, 3.63) is 0 Å². The highest BCUT2D eigenvalue weighted by molar-refractivity contribution is 5.73. The molecule has 0 amide bonds. The van der Waals surface area contributed by atoms with Crippen molar-refractivity contribution in [3.8, 4) is 0 Å². The van der Waals surface area contributed by atoms with Gasteiger partial charge in [-0.15, -0.1) is 0 Å². The molecule has 0 aromatic carbocycles. The Balaban J connectivity index is 2.46. The number of rotatable bonds is 1. The fraction of sp³-hybridized carbons (Fsp3) is 0.833. The van der Waals surface area contributed by atoms with Gasteiger partial charge in [-0.3, -0.25) is 0 Å². The Kier molecular flexibility index (Phi) is 2.24. The Hall–Kier alpha value is -0.610. The Labute approximate surface area is 58.9 Å². The normalized spacial score (nSPS) is 32.2. The molecule has 1 aliphatic rings. The SMILES string of the molecule is NOC(=O)C1CCCC1O. The summed E-state index contributed by atoms with van der Waals surface area (Å²) in [5.41, 5.74) is 0. The van der Waals surface area contributed by atoms with Crippen LogP contribution >= 0.6 is 0 Å². The van der Waals surface area contributed by atoms with Crippen molar-refractivity contribution in [2.75, 3.05) is 0 Å². The van der Waals surface area contributed by atoms with Crippen LogP contribution in [-0.2, 0) is 9.63 Å². The van der Waals surface area contributed by atoms with Crippen LogP contribution < -0.4 is 5.90 Å². The Morgan fingerprint density at radius 1 is 1.60 bits per heavy atom. The highest BCUT2D eigenvalue weighted by Gasteiger charge is 2.32. The molecular weight excluding hydrogens is 134 g/mol. The first-order valence-electron chi connectivity index (χ1n) is 3.34. The molecule has 0 aromatic heterocycles. The van der Waals surface area contributed by atoms with Gasteiger partial charge in [0.05, 0.1) is 12.0 Å². The smallest absolute Gasteiger partial charge is 0.330 e. The molecule has 1 saturated carbocycles. The molecule has 3 N–H and O–H groups in total. The first-order chi connectivity index (χ1) is 4.75. The van der Waals surface area contributed by atoms with Gasteiger partial charge in [-0.1, -0.05) is 0 Å². The van der Waals surface area contributed by atoms with E-state index in [0.29, 0.717) is 12.8 Å². The van der Waals surface area contributed by atoms with Crippen LogP contribution in [0.3, 0.4) is 0 Å². The molecule has 4 heteroatoms. The summed E-state index contributed by atoms with van der Waals surface area (Å²) in [7, 11) is 0. The lowest BCUT2D eigenvalue weighted by Gasteiger charge is -2.09. The molecule has 0 bridgehead atoms. The van der Waals surface area contributed by atoms with E-state index >= 15 is 0 Å². The van der Waals surface area contributed by atoms with Crippen LogP contribution in [0.4, 0.5) is 0 Å². The van der Waals surface area contributed by atoms with Crippen LogP contribution in [0.25, 0.3) is 0 Å². The minimum atomic E-state index is -0.545. The van der Waals surface area contributed by atoms with Gasteiger partial charge in [-0.25, -0.2) is 4.79 Å². The lowest BCUT2D eigenvalue weighted by molar-refractivity contribution is -0.151. The van der Waals surface area contributed by atoms with Crippen LogP contribution in [0.1, 0.15) is 19.3 Å². The predicted octanol–water partition coefficient (Wildman–Crippen LogP) is -0.436. The number of hydrogen-bond donors (Lipinski definition) is 2. The largest absolute Gasteiger partial charge is 0.392 e. The zero-order chi connectivity index (χ0) is 7.56. The van der Waals surface area contributed by atoms with E-state index in [1.54, 1.807) is 0 Å². The molecule has 58 valence electrons. The second kappa shape index (κ2) is 2.98. The third-order valence-electron chi connectivity index (χ3n) is 1.90. The second-order valence-electron chi connectivity index (χ2n) is 2.54. The quantitative estimate of drug-likeness (QED) is 0.491. The maximum atomic E-state index is 10.7. The van der Waals surface area contributed by atoms with Gasteiger partial charge in [-0.05, 0) is 19.3 Å². The molecule has 2 atom stereocenters. The monoisotopic (exact) mass is 145 g/mol. The number of aliphatic hydroxyl groups excluding tert-OH is 1. The maximum absolute atomic E-state index is 10.7. The molecule has 0 spiro atoms. The van der Waals surface area contributed by atoms with Crippen molar-refractivity contribution in [2.24, 2.45) is 11.8 Å². The van der Waals surface area contributed by atoms with Crippen LogP contribution in [0.15, 0.2) is 0 Å². The van der Waals surface area contributed by atoms with Crippen molar-refractivity contribution in [3.63, 3.8) is 0 Å². The predicted molar refractivity (Wildman–Crippen MR) is 33.6 cm³/mol. The average Bonchev–Trinajstić information content (AvgIpc) is 2.34. The molecule has 1 rings (SSSR count). The van der Waals surface area contributed by atoms with Crippen molar-refractivity contribution in [2.45, 2.75) is 25.4 Å². The lowest BCUT2D eigenvalue weighted by Crippen LogP contribution is -2.26. The van der Waals surface area contributed by atoms with E-state index in [2.05, 4.69) is 10.7 Å². The molecule has 0 heterocycles. The van der Waals surface area contributed by atoms with E-state index < -0.39 is 12.1 Å². The molecule has 10 heavy (non-hydrogen) atoms. The maximum Gasteiger partial charge on any atom is 0.330 e. The van der Waals surface area contributed by atoms with Gasteiger partial charge < -0.3 is 9.94 Å². The standard InChI is InChI=1S/C6H11NO3/c7-10-6(9)4-2-1-3-5(4)8/h4-5,8H,1-3,7H2. The van der Waals surface area contributed by atoms with Gasteiger partial charge in [0.1, 0.15) is 0 Å². The summed E-state index contributed by atoms with van der Waals surface area (Å²) >= 11 is 0.